The third-order valence-electron chi connectivity index (χ3n) is 4.88. The molecule has 1 heterocycles. The molecule has 1 saturated carbocycles. The first-order valence-electron chi connectivity index (χ1n) is 8.13. The Balaban J connectivity index is 2.03. The van der Waals surface area contributed by atoms with E-state index < -0.39 is 0 Å². The molecular weight excluding hydrogens is 236 g/mol. The molecule has 0 amide bonds. The fourth-order valence-electron chi connectivity index (χ4n) is 3.80. The molecule has 1 N–H and O–H groups in total. The maximum Gasteiger partial charge on any atom is 0.0674 e. The minimum absolute atomic E-state index is 0.387. The summed E-state index contributed by atoms with van der Waals surface area (Å²) in [7, 11) is 0. The van der Waals surface area contributed by atoms with Gasteiger partial charge in [0, 0.05) is 31.8 Å². The lowest BCUT2D eigenvalue weighted by Gasteiger charge is -2.38. The van der Waals surface area contributed by atoms with Gasteiger partial charge in [0.25, 0.3) is 0 Å². The molecule has 1 aliphatic carbocycles. The van der Waals surface area contributed by atoms with Gasteiger partial charge in [-0.1, -0.05) is 20.8 Å². The Morgan fingerprint density at radius 2 is 2.16 bits per heavy atom. The number of nitrogens with zero attached hydrogens (tertiary/aromatic N) is 1. The van der Waals surface area contributed by atoms with Crippen LogP contribution in [0.2, 0.25) is 0 Å². The molecule has 0 aromatic carbocycles. The van der Waals surface area contributed by atoms with Crippen LogP contribution in [-0.4, -0.2) is 49.3 Å². The Morgan fingerprint density at radius 3 is 2.89 bits per heavy atom. The average Bonchev–Trinajstić information content (AvgIpc) is 2.52. The number of ether oxygens (including phenoxy) is 1. The number of nitrogens with one attached hydrogen (secondary N) is 1. The van der Waals surface area contributed by atoms with Crippen molar-refractivity contribution in [3.05, 3.63) is 0 Å². The summed E-state index contributed by atoms with van der Waals surface area (Å²) < 4.78 is 5.80. The molecule has 1 saturated heterocycles. The van der Waals surface area contributed by atoms with E-state index in [1.807, 2.05) is 0 Å². The first-order valence-corrected chi connectivity index (χ1v) is 8.13. The summed E-state index contributed by atoms with van der Waals surface area (Å²) in [6, 6.07) is 1.34. The zero-order chi connectivity index (χ0) is 13.9. The Kier molecular flexibility index (Phi) is 5.27. The third-order valence-corrected chi connectivity index (χ3v) is 4.88. The van der Waals surface area contributed by atoms with Gasteiger partial charge in [-0.25, -0.2) is 0 Å². The third kappa shape index (κ3) is 3.71. The summed E-state index contributed by atoms with van der Waals surface area (Å²) >= 11 is 0. The van der Waals surface area contributed by atoms with E-state index in [2.05, 4.69) is 37.9 Å². The summed E-state index contributed by atoms with van der Waals surface area (Å²) in [6.07, 6.45) is 5.46. The van der Waals surface area contributed by atoms with Crippen LogP contribution in [0.4, 0.5) is 0 Å². The van der Waals surface area contributed by atoms with Crippen LogP contribution in [0.3, 0.4) is 0 Å². The summed E-state index contributed by atoms with van der Waals surface area (Å²) in [5, 5.41) is 3.82. The minimum Gasteiger partial charge on any atom is -0.377 e. The second kappa shape index (κ2) is 6.55. The highest BCUT2D eigenvalue weighted by atomic mass is 16.5. The lowest BCUT2D eigenvalue weighted by atomic mass is 9.86. The van der Waals surface area contributed by atoms with Crippen molar-refractivity contribution in [1.82, 2.24) is 10.2 Å². The van der Waals surface area contributed by atoms with Gasteiger partial charge in [0.2, 0.25) is 0 Å². The molecule has 1 aliphatic heterocycles. The van der Waals surface area contributed by atoms with Gasteiger partial charge in [0.1, 0.15) is 0 Å². The number of hydrogen-bond acceptors (Lipinski definition) is 3. The number of hydrogen-bond donors (Lipinski definition) is 1. The van der Waals surface area contributed by atoms with E-state index in [4.69, 9.17) is 4.74 Å². The molecule has 0 aromatic rings. The van der Waals surface area contributed by atoms with Crippen molar-refractivity contribution in [1.29, 1.82) is 0 Å². The highest BCUT2D eigenvalue weighted by Gasteiger charge is 2.44. The van der Waals surface area contributed by atoms with Crippen LogP contribution in [-0.2, 0) is 4.74 Å². The molecule has 3 unspecified atom stereocenters. The maximum atomic E-state index is 5.80. The molecule has 2 rings (SSSR count). The van der Waals surface area contributed by atoms with Gasteiger partial charge >= 0.3 is 0 Å². The van der Waals surface area contributed by atoms with E-state index in [1.54, 1.807) is 0 Å². The predicted octanol–water partition coefficient (Wildman–Crippen LogP) is 2.65. The molecule has 0 aromatic heterocycles. The van der Waals surface area contributed by atoms with Crippen molar-refractivity contribution in [3.63, 3.8) is 0 Å². The molecule has 2 aliphatic rings. The van der Waals surface area contributed by atoms with E-state index >= 15 is 0 Å². The largest absolute Gasteiger partial charge is 0.377 e. The Labute approximate surface area is 119 Å². The highest BCUT2D eigenvalue weighted by molar-refractivity contribution is 5.01. The van der Waals surface area contributed by atoms with Crippen molar-refractivity contribution < 1.29 is 4.74 Å². The van der Waals surface area contributed by atoms with E-state index in [9.17, 15) is 0 Å². The Bertz CT molecular complexity index is 280. The summed E-state index contributed by atoms with van der Waals surface area (Å²) in [5.74, 6) is 0. The molecule has 3 nitrogen and oxygen atoms in total. The molecule has 3 atom stereocenters. The second-order valence-electron chi connectivity index (χ2n) is 7.06. The highest BCUT2D eigenvalue weighted by Crippen LogP contribution is 2.40. The first-order chi connectivity index (χ1) is 9.04. The van der Waals surface area contributed by atoms with Gasteiger partial charge in [0.15, 0.2) is 0 Å². The first kappa shape index (κ1) is 15.3. The van der Waals surface area contributed by atoms with E-state index in [1.165, 1.54) is 32.2 Å². The minimum atomic E-state index is 0.387. The zero-order valence-corrected chi connectivity index (χ0v) is 13.2. The Hall–Kier alpha value is -0.120. The van der Waals surface area contributed by atoms with E-state index in [0.29, 0.717) is 23.6 Å². The maximum absolute atomic E-state index is 5.80. The van der Waals surface area contributed by atoms with Gasteiger partial charge in [-0.3, -0.25) is 4.90 Å². The molecule has 19 heavy (non-hydrogen) atoms. The molecule has 2 fully saturated rings. The molecule has 112 valence electrons. The van der Waals surface area contributed by atoms with Crippen LogP contribution in [0.5, 0.6) is 0 Å². The SMILES string of the molecule is CCCNC1C(N2CCCOC(C)C2)CCC1(C)C. The van der Waals surface area contributed by atoms with Crippen LogP contribution >= 0.6 is 0 Å². The summed E-state index contributed by atoms with van der Waals surface area (Å²) in [5.41, 5.74) is 0.427. The van der Waals surface area contributed by atoms with Gasteiger partial charge in [0.05, 0.1) is 6.10 Å². The van der Waals surface area contributed by atoms with Gasteiger partial charge in [-0.15, -0.1) is 0 Å². The topological polar surface area (TPSA) is 24.5 Å². The van der Waals surface area contributed by atoms with Gasteiger partial charge in [-0.2, -0.15) is 0 Å². The van der Waals surface area contributed by atoms with Crippen molar-refractivity contribution in [2.45, 2.75) is 71.6 Å². The molecule has 0 bridgehead atoms. The molecule has 3 heteroatoms. The van der Waals surface area contributed by atoms with E-state index in [0.717, 1.165) is 19.7 Å². The fourth-order valence-corrected chi connectivity index (χ4v) is 3.80. The van der Waals surface area contributed by atoms with Crippen LogP contribution in [0.25, 0.3) is 0 Å². The lowest BCUT2D eigenvalue weighted by molar-refractivity contribution is 0.0557. The quantitative estimate of drug-likeness (QED) is 0.848. The van der Waals surface area contributed by atoms with Crippen LogP contribution in [0, 0.1) is 5.41 Å². The molecular formula is C16H32N2O. The second-order valence-corrected chi connectivity index (χ2v) is 7.06. The summed E-state index contributed by atoms with van der Waals surface area (Å²) in [4.78, 5) is 2.69. The summed E-state index contributed by atoms with van der Waals surface area (Å²) in [6.45, 7) is 13.7. The van der Waals surface area contributed by atoms with Crippen molar-refractivity contribution in [2.24, 2.45) is 5.41 Å². The van der Waals surface area contributed by atoms with Crippen LogP contribution in [0.15, 0.2) is 0 Å². The van der Waals surface area contributed by atoms with Crippen LogP contribution in [0.1, 0.15) is 53.4 Å². The van der Waals surface area contributed by atoms with Crippen molar-refractivity contribution >= 4 is 0 Å². The predicted molar refractivity (Wildman–Crippen MR) is 80.5 cm³/mol. The standard InChI is InChI=1S/C16H32N2O/c1-5-9-17-15-14(7-8-16(15,3)4)18-10-6-11-19-13(2)12-18/h13-15,17H,5-12H2,1-4H3. The van der Waals surface area contributed by atoms with Crippen molar-refractivity contribution in [2.75, 3.05) is 26.2 Å². The Morgan fingerprint density at radius 1 is 1.37 bits per heavy atom. The molecule has 0 spiro atoms. The smallest absolute Gasteiger partial charge is 0.0674 e. The zero-order valence-electron chi connectivity index (χ0n) is 13.2. The van der Waals surface area contributed by atoms with Crippen LogP contribution < -0.4 is 5.32 Å². The van der Waals surface area contributed by atoms with Gasteiger partial charge < -0.3 is 10.1 Å². The normalized spacial score (nSPS) is 36.3. The molecule has 0 radical (unpaired) electrons. The number of rotatable bonds is 4. The van der Waals surface area contributed by atoms with E-state index in [-0.39, 0.29) is 0 Å². The lowest BCUT2D eigenvalue weighted by Crippen LogP contribution is -2.53. The fraction of sp³-hybridized carbons (Fsp3) is 1.00. The van der Waals surface area contributed by atoms with Gasteiger partial charge in [-0.05, 0) is 44.6 Å². The average molecular weight is 268 g/mol. The van der Waals surface area contributed by atoms with Crippen molar-refractivity contribution in [3.8, 4) is 0 Å². The monoisotopic (exact) mass is 268 g/mol.